The van der Waals surface area contributed by atoms with Crippen LogP contribution in [0.4, 0.5) is 0 Å². The van der Waals surface area contributed by atoms with E-state index in [4.69, 9.17) is 22.4 Å². The maximum absolute atomic E-state index is 10.5. The molecule has 0 aliphatic heterocycles. The van der Waals surface area contributed by atoms with Crippen molar-refractivity contribution in [1.82, 2.24) is 0 Å². The summed E-state index contributed by atoms with van der Waals surface area (Å²) in [6.45, 7) is 0. The third-order valence-corrected chi connectivity index (χ3v) is 2.88. The summed E-state index contributed by atoms with van der Waals surface area (Å²) < 4.78 is 0. The lowest BCUT2D eigenvalue weighted by Gasteiger charge is -2.11. The molecule has 0 aliphatic rings. The van der Waals surface area contributed by atoms with Crippen LogP contribution < -0.4 is 5.73 Å². The van der Waals surface area contributed by atoms with E-state index < -0.39 is 12.0 Å². The van der Waals surface area contributed by atoms with Gasteiger partial charge in [-0.2, -0.15) is 0 Å². The van der Waals surface area contributed by atoms with E-state index in [-0.39, 0.29) is 6.42 Å². The summed E-state index contributed by atoms with van der Waals surface area (Å²) in [5.74, 6) is -0.909. The molecule has 1 rings (SSSR count). The van der Waals surface area contributed by atoms with E-state index in [1.54, 1.807) is 17.8 Å². The molecule has 0 heterocycles. The van der Waals surface area contributed by atoms with Gasteiger partial charge < -0.3 is 10.8 Å². The molecule has 1 aromatic carbocycles. The quantitative estimate of drug-likeness (QED) is 0.801. The molecule has 0 saturated heterocycles. The number of thioether (sulfide) groups is 1. The Morgan fingerprint density at radius 2 is 2.27 bits per heavy atom. The SMILES string of the molecule is CSc1cc(Cl)cc(C(N)CC(=O)O)c1. The first kappa shape index (κ1) is 12.4. The summed E-state index contributed by atoms with van der Waals surface area (Å²) >= 11 is 7.44. The Kier molecular flexibility index (Phi) is 4.45. The molecular weight excluding hydrogens is 234 g/mol. The summed E-state index contributed by atoms with van der Waals surface area (Å²) in [4.78, 5) is 11.5. The molecule has 1 aromatic rings. The van der Waals surface area contributed by atoms with Gasteiger partial charge in [0, 0.05) is 16.0 Å². The highest BCUT2D eigenvalue weighted by molar-refractivity contribution is 7.98. The number of carboxylic acids is 1. The number of rotatable bonds is 4. The second-order valence-electron chi connectivity index (χ2n) is 3.13. The van der Waals surface area contributed by atoms with Crippen molar-refractivity contribution in [2.24, 2.45) is 5.73 Å². The number of hydrogen-bond donors (Lipinski definition) is 2. The average Bonchev–Trinajstić information content (AvgIpc) is 2.15. The van der Waals surface area contributed by atoms with E-state index in [2.05, 4.69) is 0 Å². The van der Waals surface area contributed by atoms with Gasteiger partial charge in [0.2, 0.25) is 0 Å². The first-order chi connectivity index (χ1) is 7.02. The zero-order chi connectivity index (χ0) is 11.4. The molecule has 0 radical (unpaired) electrons. The fraction of sp³-hybridized carbons (Fsp3) is 0.300. The molecule has 82 valence electrons. The van der Waals surface area contributed by atoms with Crippen molar-refractivity contribution in [2.75, 3.05) is 6.26 Å². The number of benzene rings is 1. The van der Waals surface area contributed by atoms with Gasteiger partial charge in [0.15, 0.2) is 0 Å². The number of carbonyl (C=O) groups is 1. The molecule has 5 heteroatoms. The first-order valence-electron chi connectivity index (χ1n) is 4.34. The molecule has 1 atom stereocenters. The van der Waals surface area contributed by atoms with Gasteiger partial charge in [-0.05, 0) is 30.0 Å². The lowest BCUT2D eigenvalue weighted by molar-refractivity contribution is -0.137. The second-order valence-corrected chi connectivity index (χ2v) is 4.44. The molecule has 0 amide bonds. The second kappa shape index (κ2) is 5.39. The van der Waals surface area contributed by atoms with Crippen LogP contribution in [-0.2, 0) is 4.79 Å². The van der Waals surface area contributed by atoms with Crippen LogP contribution in [0.15, 0.2) is 23.1 Å². The van der Waals surface area contributed by atoms with Crippen LogP contribution in [0.2, 0.25) is 5.02 Å². The Bertz CT molecular complexity index is 370. The van der Waals surface area contributed by atoms with Crippen LogP contribution in [-0.4, -0.2) is 17.3 Å². The molecule has 0 aliphatic carbocycles. The predicted octanol–water partition coefficient (Wildman–Crippen LogP) is 2.54. The van der Waals surface area contributed by atoms with E-state index in [9.17, 15) is 4.79 Å². The summed E-state index contributed by atoms with van der Waals surface area (Å²) in [6.07, 6.45) is 1.84. The number of aliphatic carboxylic acids is 1. The van der Waals surface area contributed by atoms with Gasteiger partial charge in [-0.25, -0.2) is 0 Å². The van der Waals surface area contributed by atoms with E-state index in [1.165, 1.54) is 0 Å². The van der Waals surface area contributed by atoms with Crippen LogP contribution in [0.1, 0.15) is 18.0 Å². The van der Waals surface area contributed by atoms with E-state index in [1.807, 2.05) is 18.4 Å². The van der Waals surface area contributed by atoms with Crippen molar-refractivity contribution < 1.29 is 9.90 Å². The number of carboxylic acid groups (broad SMARTS) is 1. The molecular formula is C10H12ClNO2S. The Labute approximate surface area is 97.6 Å². The van der Waals surface area contributed by atoms with Crippen LogP contribution in [0.3, 0.4) is 0 Å². The number of nitrogens with two attached hydrogens (primary N) is 1. The molecule has 15 heavy (non-hydrogen) atoms. The Hall–Kier alpha value is -0.710. The maximum atomic E-state index is 10.5. The molecule has 0 saturated carbocycles. The molecule has 0 fully saturated rings. The normalized spacial score (nSPS) is 12.5. The fourth-order valence-corrected chi connectivity index (χ4v) is 2.03. The molecule has 3 N–H and O–H groups in total. The topological polar surface area (TPSA) is 63.3 Å². The summed E-state index contributed by atoms with van der Waals surface area (Å²) in [5, 5.41) is 9.20. The van der Waals surface area contributed by atoms with Gasteiger partial charge in [-0.3, -0.25) is 4.79 Å². The van der Waals surface area contributed by atoms with Gasteiger partial charge in [-0.15, -0.1) is 11.8 Å². The maximum Gasteiger partial charge on any atom is 0.305 e. The minimum absolute atomic E-state index is 0.0891. The standard InChI is InChI=1S/C10H12ClNO2S/c1-15-8-3-6(2-7(11)4-8)9(12)5-10(13)14/h2-4,9H,5,12H2,1H3,(H,13,14). The number of halogens is 1. The first-order valence-corrected chi connectivity index (χ1v) is 5.95. The van der Waals surface area contributed by atoms with Crippen LogP contribution in [0, 0.1) is 0 Å². The average molecular weight is 246 g/mol. The zero-order valence-corrected chi connectivity index (χ0v) is 9.81. The Morgan fingerprint density at radius 3 is 2.80 bits per heavy atom. The zero-order valence-electron chi connectivity index (χ0n) is 8.24. The molecule has 3 nitrogen and oxygen atoms in total. The lowest BCUT2D eigenvalue weighted by atomic mass is 10.1. The Morgan fingerprint density at radius 1 is 1.60 bits per heavy atom. The summed E-state index contributed by atoms with van der Waals surface area (Å²) in [6, 6.07) is 4.88. The van der Waals surface area contributed by atoms with Crippen molar-refractivity contribution in [3.63, 3.8) is 0 Å². The largest absolute Gasteiger partial charge is 0.481 e. The van der Waals surface area contributed by atoms with Gasteiger partial charge in [-0.1, -0.05) is 11.6 Å². The lowest BCUT2D eigenvalue weighted by Crippen LogP contribution is -2.15. The highest BCUT2D eigenvalue weighted by Gasteiger charge is 2.11. The highest BCUT2D eigenvalue weighted by Crippen LogP contribution is 2.25. The van der Waals surface area contributed by atoms with Crippen LogP contribution in [0.5, 0.6) is 0 Å². The summed E-state index contributed by atoms with van der Waals surface area (Å²) in [5.41, 5.74) is 6.50. The van der Waals surface area contributed by atoms with Crippen molar-refractivity contribution in [2.45, 2.75) is 17.4 Å². The van der Waals surface area contributed by atoms with Crippen molar-refractivity contribution in [3.8, 4) is 0 Å². The molecule has 0 bridgehead atoms. The van der Waals surface area contributed by atoms with E-state index in [0.29, 0.717) is 5.02 Å². The summed E-state index contributed by atoms with van der Waals surface area (Å²) in [7, 11) is 0. The van der Waals surface area contributed by atoms with Crippen molar-refractivity contribution >= 4 is 29.3 Å². The fourth-order valence-electron chi connectivity index (χ4n) is 1.22. The van der Waals surface area contributed by atoms with Gasteiger partial charge >= 0.3 is 5.97 Å². The van der Waals surface area contributed by atoms with Crippen molar-refractivity contribution in [3.05, 3.63) is 28.8 Å². The Balaban J connectivity index is 2.92. The molecule has 0 aromatic heterocycles. The predicted molar refractivity (Wildman–Crippen MR) is 62.4 cm³/mol. The van der Waals surface area contributed by atoms with Crippen LogP contribution in [0.25, 0.3) is 0 Å². The molecule has 0 spiro atoms. The monoisotopic (exact) mass is 245 g/mol. The van der Waals surface area contributed by atoms with Crippen molar-refractivity contribution in [1.29, 1.82) is 0 Å². The number of hydrogen-bond acceptors (Lipinski definition) is 3. The van der Waals surface area contributed by atoms with Gasteiger partial charge in [0.25, 0.3) is 0 Å². The van der Waals surface area contributed by atoms with Gasteiger partial charge in [0.05, 0.1) is 6.42 Å². The van der Waals surface area contributed by atoms with E-state index in [0.717, 1.165) is 10.5 Å². The van der Waals surface area contributed by atoms with E-state index >= 15 is 0 Å². The highest BCUT2D eigenvalue weighted by atomic mass is 35.5. The minimum atomic E-state index is -0.909. The third-order valence-electron chi connectivity index (χ3n) is 1.95. The molecule has 1 unspecified atom stereocenters. The minimum Gasteiger partial charge on any atom is -0.481 e. The third kappa shape index (κ3) is 3.74. The smallest absolute Gasteiger partial charge is 0.305 e. The van der Waals surface area contributed by atoms with Gasteiger partial charge in [0.1, 0.15) is 0 Å². The van der Waals surface area contributed by atoms with Crippen LogP contribution >= 0.6 is 23.4 Å².